The molecule has 0 bridgehead atoms. The Kier molecular flexibility index (Phi) is 6.46. The molecular weight excluding hydrogens is 386 g/mol. The molecule has 1 aliphatic rings. The molecule has 2 aromatic carbocycles. The molecule has 0 aliphatic carbocycles. The summed E-state index contributed by atoms with van der Waals surface area (Å²) in [5.41, 5.74) is 1.84. The number of ether oxygens (including phenoxy) is 1. The van der Waals surface area contributed by atoms with Gasteiger partial charge in [0.2, 0.25) is 11.8 Å². The fourth-order valence-corrected chi connectivity index (χ4v) is 3.15. The number of hydrogen-bond acceptors (Lipinski definition) is 5. The summed E-state index contributed by atoms with van der Waals surface area (Å²) in [5, 5.41) is 5.30. The molecule has 8 nitrogen and oxygen atoms in total. The average molecular weight is 409 g/mol. The van der Waals surface area contributed by atoms with Crippen LogP contribution in [0.25, 0.3) is 0 Å². The van der Waals surface area contributed by atoms with Crippen LogP contribution in [0.5, 0.6) is 0 Å². The number of nitrogens with one attached hydrogen (secondary N) is 2. The number of rotatable bonds is 6. The van der Waals surface area contributed by atoms with Gasteiger partial charge in [-0.2, -0.15) is 0 Å². The highest BCUT2D eigenvalue weighted by atomic mass is 16.5. The topological polar surface area (TPSA) is 105 Å². The van der Waals surface area contributed by atoms with E-state index in [2.05, 4.69) is 10.6 Å². The summed E-state index contributed by atoms with van der Waals surface area (Å²) in [7, 11) is 0. The van der Waals surface area contributed by atoms with Gasteiger partial charge in [0.05, 0.1) is 11.3 Å². The number of para-hydroxylation sites is 1. The lowest BCUT2D eigenvalue weighted by molar-refractivity contribution is -0.123. The van der Waals surface area contributed by atoms with Gasteiger partial charge in [-0.05, 0) is 49.7 Å². The number of benzene rings is 2. The lowest BCUT2D eigenvalue weighted by Gasteiger charge is -2.20. The fourth-order valence-electron chi connectivity index (χ4n) is 3.15. The highest BCUT2D eigenvalue weighted by molar-refractivity contribution is 6.04. The first kappa shape index (κ1) is 21.0. The number of nitrogens with zero attached hydrogens (tertiary/aromatic N) is 1. The Morgan fingerprint density at radius 3 is 2.23 bits per heavy atom. The maximum Gasteiger partial charge on any atom is 0.341 e. The number of esters is 1. The summed E-state index contributed by atoms with van der Waals surface area (Å²) in [5.74, 6) is -1.40. The number of amides is 3. The van der Waals surface area contributed by atoms with Gasteiger partial charge in [0.15, 0.2) is 6.10 Å². The van der Waals surface area contributed by atoms with Gasteiger partial charge in [0, 0.05) is 31.3 Å². The standard InChI is InChI=1S/C22H23N3O5/c1-14(21(28)24-17-11-9-16(10-12-17)23-15(2)26)30-22(29)18-6-3-4-7-19(18)25-13-5-8-20(25)27/h3-4,6-7,9-12,14H,5,8,13H2,1-2H3,(H,23,26)(H,24,28)/t14-/m0/s1. The van der Waals surface area contributed by atoms with E-state index >= 15 is 0 Å². The zero-order valence-electron chi connectivity index (χ0n) is 16.8. The van der Waals surface area contributed by atoms with Gasteiger partial charge in [-0.1, -0.05) is 12.1 Å². The van der Waals surface area contributed by atoms with Crippen molar-refractivity contribution in [1.29, 1.82) is 0 Å². The van der Waals surface area contributed by atoms with E-state index in [0.717, 1.165) is 6.42 Å². The molecule has 1 fully saturated rings. The van der Waals surface area contributed by atoms with E-state index in [-0.39, 0.29) is 17.4 Å². The van der Waals surface area contributed by atoms with Crippen molar-refractivity contribution in [3.63, 3.8) is 0 Å². The van der Waals surface area contributed by atoms with E-state index in [9.17, 15) is 19.2 Å². The van der Waals surface area contributed by atoms with Crippen LogP contribution in [0, 0.1) is 0 Å². The summed E-state index contributed by atoms with van der Waals surface area (Å²) in [6.45, 7) is 3.43. The Hall–Kier alpha value is -3.68. The largest absolute Gasteiger partial charge is 0.449 e. The van der Waals surface area contributed by atoms with E-state index in [1.807, 2.05) is 0 Å². The lowest BCUT2D eigenvalue weighted by Crippen LogP contribution is -2.31. The summed E-state index contributed by atoms with van der Waals surface area (Å²) in [6, 6.07) is 13.3. The molecule has 1 aliphatic heterocycles. The van der Waals surface area contributed by atoms with Gasteiger partial charge in [0.1, 0.15) is 0 Å². The number of carbonyl (C=O) groups is 4. The maximum atomic E-state index is 12.7. The Balaban J connectivity index is 1.64. The third-order valence-corrected chi connectivity index (χ3v) is 4.61. The van der Waals surface area contributed by atoms with Crippen molar-refractivity contribution in [1.82, 2.24) is 0 Å². The molecule has 0 radical (unpaired) electrons. The van der Waals surface area contributed by atoms with Crippen molar-refractivity contribution in [3.8, 4) is 0 Å². The van der Waals surface area contributed by atoms with Crippen LogP contribution in [-0.2, 0) is 19.1 Å². The van der Waals surface area contributed by atoms with E-state index < -0.39 is 18.0 Å². The second-order valence-corrected chi connectivity index (χ2v) is 6.96. The van der Waals surface area contributed by atoms with Crippen LogP contribution < -0.4 is 15.5 Å². The number of hydrogen-bond donors (Lipinski definition) is 2. The second kappa shape index (κ2) is 9.21. The van der Waals surface area contributed by atoms with E-state index in [1.165, 1.54) is 13.8 Å². The highest BCUT2D eigenvalue weighted by Gasteiger charge is 2.27. The molecule has 1 atom stereocenters. The van der Waals surface area contributed by atoms with Crippen LogP contribution in [-0.4, -0.2) is 36.3 Å². The fraction of sp³-hybridized carbons (Fsp3) is 0.273. The van der Waals surface area contributed by atoms with Crippen molar-refractivity contribution in [2.75, 3.05) is 22.1 Å². The minimum absolute atomic E-state index is 0.0382. The first-order chi connectivity index (χ1) is 14.3. The second-order valence-electron chi connectivity index (χ2n) is 6.96. The monoisotopic (exact) mass is 409 g/mol. The summed E-state index contributed by atoms with van der Waals surface area (Å²) >= 11 is 0. The zero-order chi connectivity index (χ0) is 21.7. The predicted octanol–water partition coefficient (Wildman–Crippen LogP) is 2.96. The van der Waals surface area contributed by atoms with Gasteiger partial charge < -0.3 is 20.3 Å². The Morgan fingerprint density at radius 1 is 1.00 bits per heavy atom. The van der Waals surface area contributed by atoms with Crippen molar-refractivity contribution >= 4 is 40.8 Å². The first-order valence-electron chi connectivity index (χ1n) is 9.64. The Labute approximate surface area is 174 Å². The molecule has 0 unspecified atom stereocenters. The minimum atomic E-state index is -1.05. The maximum absolute atomic E-state index is 12.7. The first-order valence-corrected chi connectivity index (χ1v) is 9.64. The Bertz CT molecular complexity index is 971. The molecule has 1 saturated heterocycles. The summed E-state index contributed by atoms with van der Waals surface area (Å²) < 4.78 is 5.34. The van der Waals surface area contributed by atoms with E-state index in [1.54, 1.807) is 53.4 Å². The minimum Gasteiger partial charge on any atom is -0.449 e. The Morgan fingerprint density at radius 2 is 1.63 bits per heavy atom. The quantitative estimate of drug-likeness (QED) is 0.714. The molecule has 0 aromatic heterocycles. The van der Waals surface area contributed by atoms with Gasteiger partial charge in [-0.25, -0.2) is 4.79 Å². The molecule has 8 heteroatoms. The molecular formula is C22H23N3O5. The van der Waals surface area contributed by atoms with Crippen LogP contribution in [0.4, 0.5) is 17.1 Å². The van der Waals surface area contributed by atoms with Crippen LogP contribution in [0.3, 0.4) is 0 Å². The molecule has 1 heterocycles. The average Bonchev–Trinajstić information content (AvgIpc) is 3.14. The molecule has 2 N–H and O–H groups in total. The predicted molar refractivity (Wildman–Crippen MR) is 112 cm³/mol. The van der Waals surface area contributed by atoms with Crippen molar-refractivity contribution < 1.29 is 23.9 Å². The molecule has 156 valence electrons. The van der Waals surface area contributed by atoms with Crippen LogP contribution in [0.15, 0.2) is 48.5 Å². The molecule has 2 aromatic rings. The normalized spacial score (nSPS) is 14.2. The van der Waals surface area contributed by atoms with Crippen molar-refractivity contribution in [2.45, 2.75) is 32.8 Å². The van der Waals surface area contributed by atoms with Gasteiger partial charge in [-0.15, -0.1) is 0 Å². The van der Waals surface area contributed by atoms with Crippen molar-refractivity contribution in [3.05, 3.63) is 54.1 Å². The molecule has 3 rings (SSSR count). The zero-order valence-corrected chi connectivity index (χ0v) is 16.8. The van der Waals surface area contributed by atoms with E-state index in [4.69, 9.17) is 4.74 Å². The smallest absolute Gasteiger partial charge is 0.341 e. The van der Waals surface area contributed by atoms with Gasteiger partial charge >= 0.3 is 5.97 Å². The van der Waals surface area contributed by atoms with Crippen LogP contribution in [0.1, 0.15) is 37.0 Å². The number of carbonyl (C=O) groups excluding carboxylic acids is 4. The molecule has 0 spiro atoms. The summed E-state index contributed by atoms with van der Waals surface area (Å²) in [6.07, 6.45) is 0.139. The lowest BCUT2D eigenvalue weighted by atomic mass is 10.1. The van der Waals surface area contributed by atoms with E-state index in [0.29, 0.717) is 30.0 Å². The third-order valence-electron chi connectivity index (χ3n) is 4.61. The van der Waals surface area contributed by atoms with Crippen LogP contribution in [0.2, 0.25) is 0 Å². The summed E-state index contributed by atoms with van der Waals surface area (Å²) in [4.78, 5) is 49.8. The SMILES string of the molecule is CC(=O)Nc1ccc(NC(=O)[C@H](C)OC(=O)c2ccccc2N2CCCC2=O)cc1. The third kappa shape index (κ3) is 5.02. The molecule has 3 amide bonds. The highest BCUT2D eigenvalue weighted by Crippen LogP contribution is 2.26. The van der Waals surface area contributed by atoms with Gasteiger partial charge in [-0.3, -0.25) is 14.4 Å². The van der Waals surface area contributed by atoms with Gasteiger partial charge in [0.25, 0.3) is 5.91 Å². The molecule has 30 heavy (non-hydrogen) atoms. The molecule has 0 saturated carbocycles. The van der Waals surface area contributed by atoms with Crippen LogP contribution >= 0.6 is 0 Å². The van der Waals surface area contributed by atoms with Crippen molar-refractivity contribution in [2.24, 2.45) is 0 Å². The number of anilines is 3.